The van der Waals surface area contributed by atoms with Crippen LogP contribution in [0.15, 0.2) is 70.0 Å². The van der Waals surface area contributed by atoms with Gasteiger partial charge in [0.1, 0.15) is 22.2 Å². The summed E-state index contributed by atoms with van der Waals surface area (Å²) in [5.74, 6) is 0.315. The van der Waals surface area contributed by atoms with Crippen molar-refractivity contribution >= 4 is 27.4 Å². The Morgan fingerprint density at radius 2 is 1.87 bits per heavy atom. The average molecular weight is 427 g/mol. The largest absolute Gasteiger partial charge is 0.495 e. The molecule has 0 N–H and O–H groups in total. The molecule has 0 bridgehead atoms. The summed E-state index contributed by atoms with van der Waals surface area (Å²) in [6.45, 7) is 0. The van der Waals surface area contributed by atoms with Crippen LogP contribution in [0.1, 0.15) is 16.1 Å². The predicted octanol–water partition coefficient (Wildman–Crippen LogP) is 4.16. The van der Waals surface area contributed by atoms with Crippen molar-refractivity contribution in [2.24, 2.45) is 0 Å². The highest BCUT2D eigenvalue weighted by Crippen LogP contribution is 2.31. The van der Waals surface area contributed by atoms with E-state index in [1.807, 2.05) is 0 Å². The Bertz CT molecular complexity index is 1260. The van der Waals surface area contributed by atoms with Gasteiger partial charge in [-0.1, -0.05) is 12.1 Å². The second kappa shape index (κ2) is 8.34. The fourth-order valence-electron chi connectivity index (χ4n) is 2.81. The topological polar surface area (TPSA) is 117 Å². The van der Waals surface area contributed by atoms with Crippen LogP contribution >= 0.6 is 0 Å². The van der Waals surface area contributed by atoms with Crippen molar-refractivity contribution in [2.75, 3.05) is 13.4 Å². The van der Waals surface area contributed by atoms with Gasteiger partial charge in [-0.15, -0.1) is 0 Å². The maximum absolute atomic E-state index is 12.4. The molecule has 0 saturated heterocycles. The number of carbonyl (C=O) groups is 1. The lowest BCUT2D eigenvalue weighted by Gasteiger charge is -2.07. The van der Waals surface area contributed by atoms with Crippen LogP contribution in [-0.2, 0) is 9.84 Å². The number of allylic oxidation sites excluding steroid dienone is 1. The fraction of sp³-hybridized carbons (Fsp3) is 0.0952. The summed E-state index contributed by atoms with van der Waals surface area (Å²) in [5.41, 5.74) is 0.479. The molecule has 0 saturated carbocycles. The number of nitro benzene ring substituents is 1. The summed E-state index contributed by atoms with van der Waals surface area (Å²) in [6, 6.07) is 13.4. The molecule has 3 rings (SSSR count). The number of ether oxygens (including phenoxy) is 1. The van der Waals surface area contributed by atoms with Crippen LogP contribution in [0.25, 0.3) is 17.4 Å². The van der Waals surface area contributed by atoms with E-state index in [0.717, 1.165) is 6.26 Å². The van der Waals surface area contributed by atoms with Crippen molar-refractivity contribution in [3.63, 3.8) is 0 Å². The molecule has 0 radical (unpaired) electrons. The Morgan fingerprint density at radius 1 is 1.13 bits per heavy atom. The van der Waals surface area contributed by atoms with Gasteiger partial charge in [-0.05, 0) is 48.6 Å². The third kappa shape index (κ3) is 4.47. The SMILES string of the molecule is COc1cc(C(=O)/C=C/c2ccc(-c3ccccc3[N+](=O)[O-])o2)ccc1S(C)(=O)=O. The summed E-state index contributed by atoms with van der Waals surface area (Å²) >= 11 is 0. The molecule has 2 aromatic carbocycles. The summed E-state index contributed by atoms with van der Waals surface area (Å²) < 4.78 is 34.2. The van der Waals surface area contributed by atoms with Gasteiger partial charge in [0.15, 0.2) is 15.6 Å². The standard InChI is InChI=1S/C21H17NO7S/c1-28-20-13-14(7-12-21(20)30(2,26)27)18(23)10-8-15-9-11-19(29-15)16-5-3-4-6-17(16)22(24)25/h3-13H,1-2H3/b10-8+. The van der Waals surface area contributed by atoms with Crippen molar-refractivity contribution in [1.29, 1.82) is 0 Å². The van der Waals surface area contributed by atoms with Crippen LogP contribution in [0.2, 0.25) is 0 Å². The maximum Gasteiger partial charge on any atom is 0.280 e. The third-order valence-corrected chi connectivity index (χ3v) is 5.38. The number of para-hydroxylation sites is 1. The van der Waals surface area contributed by atoms with Gasteiger partial charge in [0.05, 0.1) is 17.6 Å². The normalized spacial score (nSPS) is 11.5. The van der Waals surface area contributed by atoms with E-state index in [1.165, 1.54) is 43.5 Å². The second-order valence-electron chi connectivity index (χ2n) is 6.31. The molecule has 0 aliphatic rings. The average Bonchev–Trinajstić information content (AvgIpc) is 3.19. The van der Waals surface area contributed by atoms with Gasteiger partial charge in [-0.25, -0.2) is 8.42 Å². The molecule has 30 heavy (non-hydrogen) atoms. The molecule has 0 atom stereocenters. The number of sulfone groups is 1. The third-order valence-electron chi connectivity index (χ3n) is 4.24. The van der Waals surface area contributed by atoms with Crippen LogP contribution in [0.5, 0.6) is 5.75 Å². The van der Waals surface area contributed by atoms with Crippen molar-refractivity contribution in [2.45, 2.75) is 4.90 Å². The van der Waals surface area contributed by atoms with Crippen LogP contribution in [0, 0.1) is 10.1 Å². The number of hydrogen-bond donors (Lipinski definition) is 0. The molecule has 9 heteroatoms. The first-order chi connectivity index (χ1) is 14.2. The Balaban J connectivity index is 1.84. The smallest absolute Gasteiger partial charge is 0.280 e. The van der Waals surface area contributed by atoms with Crippen LogP contribution in [-0.4, -0.2) is 32.5 Å². The Hall–Kier alpha value is -3.72. The zero-order chi connectivity index (χ0) is 21.9. The van der Waals surface area contributed by atoms with Gasteiger partial charge in [0, 0.05) is 17.9 Å². The molecule has 0 aliphatic carbocycles. The highest BCUT2D eigenvalue weighted by Gasteiger charge is 2.18. The second-order valence-corrected chi connectivity index (χ2v) is 8.30. The van der Waals surface area contributed by atoms with E-state index < -0.39 is 20.5 Å². The quantitative estimate of drug-likeness (QED) is 0.240. The molecule has 8 nitrogen and oxygen atoms in total. The van der Waals surface area contributed by atoms with Gasteiger partial charge in [0.2, 0.25) is 0 Å². The van der Waals surface area contributed by atoms with Gasteiger partial charge < -0.3 is 9.15 Å². The van der Waals surface area contributed by atoms with Crippen LogP contribution in [0.3, 0.4) is 0 Å². The first-order valence-corrected chi connectivity index (χ1v) is 10.5. The minimum Gasteiger partial charge on any atom is -0.495 e. The summed E-state index contributed by atoms with van der Waals surface area (Å²) in [4.78, 5) is 23.1. The zero-order valence-electron chi connectivity index (χ0n) is 16.1. The predicted molar refractivity (Wildman–Crippen MR) is 110 cm³/mol. The molecule has 0 unspecified atom stereocenters. The van der Waals surface area contributed by atoms with E-state index in [-0.39, 0.29) is 21.9 Å². The van der Waals surface area contributed by atoms with Crippen molar-refractivity contribution in [1.82, 2.24) is 0 Å². The van der Waals surface area contributed by atoms with Crippen molar-refractivity contribution < 1.29 is 27.3 Å². The molecule has 1 heterocycles. The van der Waals surface area contributed by atoms with Gasteiger partial charge in [-0.2, -0.15) is 0 Å². The van der Waals surface area contributed by atoms with E-state index in [2.05, 4.69) is 0 Å². The molecular formula is C21H17NO7S. The first kappa shape index (κ1) is 21.0. The molecule has 1 aromatic heterocycles. The maximum atomic E-state index is 12.4. The molecular weight excluding hydrogens is 410 g/mol. The monoisotopic (exact) mass is 427 g/mol. The minimum atomic E-state index is -3.49. The summed E-state index contributed by atoms with van der Waals surface area (Å²) in [5, 5.41) is 11.2. The van der Waals surface area contributed by atoms with E-state index >= 15 is 0 Å². The van der Waals surface area contributed by atoms with Gasteiger partial charge in [-0.3, -0.25) is 14.9 Å². The van der Waals surface area contributed by atoms with Gasteiger partial charge in [0.25, 0.3) is 5.69 Å². The Morgan fingerprint density at radius 3 is 2.53 bits per heavy atom. The number of hydrogen-bond acceptors (Lipinski definition) is 7. The number of nitro groups is 1. The van der Waals surface area contributed by atoms with E-state index in [0.29, 0.717) is 17.1 Å². The molecule has 154 valence electrons. The van der Waals surface area contributed by atoms with Gasteiger partial charge >= 0.3 is 0 Å². The number of furan rings is 1. The van der Waals surface area contributed by atoms with Crippen LogP contribution in [0.4, 0.5) is 5.69 Å². The molecule has 0 spiro atoms. The molecule has 0 fully saturated rings. The number of ketones is 1. The number of carbonyl (C=O) groups excluding carboxylic acids is 1. The van der Waals surface area contributed by atoms with E-state index in [1.54, 1.807) is 30.3 Å². The zero-order valence-corrected chi connectivity index (χ0v) is 16.9. The lowest BCUT2D eigenvalue weighted by molar-refractivity contribution is -0.384. The number of methoxy groups -OCH3 is 1. The van der Waals surface area contributed by atoms with Crippen molar-refractivity contribution in [3.05, 3.63) is 82.1 Å². The van der Waals surface area contributed by atoms with E-state index in [9.17, 15) is 23.3 Å². The minimum absolute atomic E-state index is 0.00865. The first-order valence-electron chi connectivity index (χ1n) is 8.65. The lowest BCUT2D eigenvalue weighted by atomic mass is 10.1. The lowest BCUT2D eigenvalue weighted by Crippen LogP contribution is -2.03. The Labute approximate surface area is 172 Å². The molecule has 0 aliphatic heterocycles. The van der Waals surface area contributed by atoms with Crippen molar-refractivity contribution in [3.8, 4) is 17.1 Å². The summed E-state index contributed by atoms with van der Waals surface area (Å²) in [7, 11) is -2.17. The highest BCUT2D eigenvalue weighted by atomic mass is 32.2. The fourth-order valence-corrected chi connectivity index (χ4v) is 3.63. The van der Waals surface area contributed by atoms with Crippen LogP contribution < -0.4 is 4.74 Å². The van der Waals surface area contributed by atoms with E-state index in [4.69, 9.17) is 9.15 Å². The highest BCUT2D eigenvalue weighted by molar-refractivity contribution is 7.90. The number of nitrogens with zero attached hydrogens (tertiary/aromatic N) is 1. The number of benzene rings is 2. The summed E-state index contributed by atoms with van der Waals surface area (Å²) in [6.07, 6.45) is 3.74. The number of rotatable bonds is 7. The molecule has 0 amide bonds. The molecule has 3 aromatic rings. The Kier molecular flexibility index (Phi) is 5.84.